The number of para-hydroxylation sites is 1. The van der Waals surface area contributed by atoms with Gasteiger partial charge in [-0.05, 0) is 19.1 Å². The highest BCUT2D eigenvalue weighted by Crippen LogP contribution is 2.23. The minimum absolute atomic E-state index is 0.189. The zero-order valence-electron chi connectivity index (χ0n) is 19.1. The molecule has 1 aromatic carbocycles. The molecular weight excluding hydrogens is 427 g/mol. The Kier molecular flexibility index (Phi) is 5.35. The number of anilines is 1. The number of aliphatic imine (C=N–C) groups is 1. The van der Waals surface area contributed by atoms with Crippen molar-refractivity contribution in [3.8, 4) is 0 Å². The van der Waals surface area contributed by atoms with Crippen LogP contribution < -0.4 is 4.90 Å². The molecule has 0 spiro atoms. The Balaban J connectivity index is 1.26. The van der Waals surface area contributed by atoms with Crippen molar-refractivity contribution in [2.24, 2.45) is 10.1 Å². The fraction of sp³-hybridized carbons (Fsp3) is 0.500. The summed E-state index contributed by atoms with van der Waals surface area (Å²) in [4.78, 5) is 36.9. The van der Waals surface area contributed by atoms with Crippen LogP contribution in [0.15, 0.2) is 34.4 Å². The molecule has 0 aliphatic carbocycles. The maximum absolute atomic E-state index is 14.1. The van der Waals surface area contributed by atoms with E-state index in [1.54, 1.807) is 13.1 Å². The molecule has 0 aromatic heterocycles. The maximum atomic E-state index is 14.1. The van der Waals surface area contributed by atoms with Crippen LogP contribution in [-0.2, 0) is 4.79 Å². The molecule has 0 radical (unpaired) electrons. The van der Waals surface area contributed by atoms with Crippen LogP contribution in [0.25, 0.3) is 0 Å². The van der Waals surface area contributed by atoms with Crippen LogP contribution in [-0.4, -0.2) is 120 Å². The van der Waals surface area contributed by atoms with E-state index in [-0.39, 0.29) is 17.8 Å². The van der Waals surface area contributed by atoms with Gasteiger partial charge in [0.25, 0.3) is 5.91 Å². The lowest BCUT2D eigenvalue weighted by Crippen LogP contribution is -2.62. The zero-order chi connectivity index (χ0) is 23.3. The number of imide groups is 1. The van der Waals surface area contributed by atoms with E-state index in [9.17, 15) is 14.0 Å². The number of guanidine groups is 1. The predicted octanol–water partition coefficient (Wildman–Crippen LogP) is 0.312. The highest BCUT2D eigenvalue weighted by molar-refractivity contribution is 6.23. The average Bonchev–Trinajstić information content (AvgIpc) is 3.20. The van der Waals surface area contributed by atoms with Crippen LogP contribution >= 0.6 is 0 Å². The fourth-order valence-electron chi connectivity index (χ4n) is 4.79. The monoisotopic (exact) mass is 455 g/mol. The minimum Gasteiger partial charge on any atom is -0.367 e. The van der Waals surface area contributed by atoms with E-state index in [0.717, 1.165) is 43.3 Å². The van der Waals surface area contributed by atoms with Gasteiger partial charge in [-0.3, -0.25) is 19.5 Å². The number of hydrogen-bond acceptors (Lipinski definition) is 7. The van der Waals surface area contributed by atoms with Crippen LogP contribution in [0.5, 0.6) is 0 Å². The Hall–Kier alpha value is -3.34. The summed E-state index contributed by atoms with van der Waals surface area (Å²) in [5, 5.41) is 6.51. The van der Waals surface area contributed by atoms with Gasteiger partial charge in [0.05, 0.1) is 11.4 Å². The number of fused-ring (bicyclic) bond motifs is 2. The molecule has 3 amide bonds. The maximum Gasteiger partial charge on any atom is 0.416 e. The molecule has 11 heteroatoms. The molecule has 0 N–H and O–H groups in total. The van der Waals surface area contributed by atoms with E-state index < -0.39 is 6.04 Å². The van der Waals surface area contributed by atoms with Crippen LogP contribution in [0.4, 0.5) is 14.9 Å². The normalized spacial score (nSPS) is 23.7. The topological polar surface area (TPSA) is 78.1 Å². The predicted molar refractivity (Wildman–Crippen MR) is 122 cm³/mol. The Morgan fingerprint density at radius 1 is 1.06 bits per heavy atom. The quantitative estimate of drug-likeness (QED) is 0.611. The number of amides is 3. The van der Waals surface area contributed by atoms with Gasteiger partial charge in [0.2, 0.25) is 11.9 Å². The lowest BCUT2D eigenvalue weighted by molar-refractivity contribution is -0.527. The number of rotatable bonds is 4. The van der Waals surface area contributed by atoms with E-state index >= 15 is 0 Å². The number of carbonyl (C=O) groups is 2. The zero-order valence-corrected chi connectivity index (χ0v) is 19.1. The molecule has 33 heavy (non-hydrogen) atoms. The molecule has 4 aliphatic rings. The first-order valence-electron chi connectivity index (χ1n) is 11.2. The van der Waals surface area contributed by atoms with Crippen molar-refractivity contribution in [2.75, 3.05) is 64.8 Å². The number of benzene rings is 1. The van der Waals surface area contributed by atoms with Crippen LogP contribution in [0.3, 0.4) is 0 Å². The molecule has 1 atom stereocenters. The molecule has 2 fully saturated rings. The fourth-order valence-corrected chi connectivity index (χ4v) is 4.79. The van der Waals surface area contributed by atoms with Crippen molar-refractivity contribution >= 4 is 35.1 Å². The molecule has 0 saturated carbocycles. The van der Waals surface area contributed by atoms with Gasteiger partial charge in [0, 0.05) is 46.8 Å². The number of piperazine rings is 1. The Morgan fingerprint density at radius 2 is 1.79 bits per heavy atom. The van der Waals surface area contributed by atoms with E-state index in [1.165, 1.54) is 18.0 Å². The summed E-state index contributed by atoms with van der Waals surface area (Å²) in [7, 11) is 3.14. The van der Waals surface area contributed by atoms with Gasteiger partial charge in [-0.25, -0.2) is 13.8 Å². The van der Waals surface area contributed by atoms with E-state index in [0.29, 0.717) is 30.6 Å². The number of halogens is 1. The van der Waals surface area contributed by atoms with E-state index in [4.69, 9.17) is 0 Å². The van der Waals surface area contributed by atoms with Crippen molar-refractivity contribution in [3.05, 3.63) is 30.1 Å². The molecular formula is C22H28FN8O2+. The summed E-state index contributed by atoms with van der Waals surface area (Å²) in [5.74, 6) is 0.595. The summed E-state index contributed by atoms with van der Waals surface area (Å²) in [6, 6.07) is 5.89. The van der Waals surface area contributed by atoms with E-state index in [1.807, 2.05) is 28.6 Å². The highest BCUT2D eigenvalue weighted by atomic mass is 19.1. The molecule has 4 aliphatic heterocycles. The molecule has 10 nitrogen and oxygen atoms in total. The van der Waals surface area contributed by atoms with Crippen LogP contribution in [0.2, 0.25) is 0 Å². The highest BCUT2D eigenvalue weighted by Gasteiger charge is 2.53. The second kappa shape index (κ2) is 8.22. The number of carbonyl (C=O) groups excluding carboxylic acids is 2. The first-order chi connectivity index (χ1) is 15.8. The second-order valence-corrected chi connectivity index (χ2v) is 8.78. The first kappa shape index (κ1) is 21.5. The van der Waals surface area contributed by atoms with E-state index in [2.05, 4.69) is 19.9 Å². The minimum atomic E-state index is -0.607. The van der Waals surface area contributed by atoms with Gasteiger partial charge in [-0.1, -0.05) is 17.1 Å². The Labute approximate surface area is 191 Å². The Bertz CT molecular complexity index is 1090. The summed E-state index contributed by atoms with van der Waals surface area (Å²) in [6.07, 6.45) is 0. The number of urea groups is 1. The first-order valence-corrected chi connectivity index (χ1v) is 11.2. The van der Waals surface area contributed by atoms with Gasteiger partial charge in [-0.2, -0.15) is 0 Å². The van der Waals surface area contributed by atoms with Crippen molar-refractivity contribution in [1.82, 2.24) is 19.7 Å². The van der Waals surface area contributed by atoms with Crippen LogP contribution in [0.1, 0.15) is 6.92 Å². The number of amidine groups is 1. The lowest BCUT2D eigenvalue weighted by atomic mass is 10.1. The van der Waals surface area contributed by atoms with Gasteiger partial charge >= 0.3 is 12.0 Å². The molecule has 1 aromatic rings. The molecule has 174 valence electrons. The molecule has 0 bridgehead atoms. The second-order valence-electron chi connectivity index (χ2n) is 8.78. The van der Waals surface area contributed by atoms with Crippen molar-refractivity contribution in [3.63, 3.8) is 0 Å². The molecule has 4 heterocycles. The number of likely N-dealkylation sites (N-methyl/N-ethyl adjacent to an activating group) is 2. The largest absolute Gasteiger partial charge is 0.416 e. The number of hydrazone groups is 1. The molecule has 2 saturated heterocycles. The lowest BCUT2D eigenvalue weighted by Gasteiger charge is -2.36. The number of hydrogen-bond donors (Lipinski definition) is 0. The summed E-state index contributed by atoms with van der Waals surface area (Å²) >= 11 is 0. The summed E-state index contributed by atoms with van der Waals surface area (Å²) in [6.45, 7) is 6.94. The van der Waals surface area contributed by atoms with Crippen LogP contribution in [0, 0.1) is 5.82 Å². The standard InChI is InChI=1S/C22H28FN8O2/c1-15-14-30-18-19(26(2)22(33)27(3)20(18)32)24-21(30)31(25-15)13-10-28-8-11-29(12-9-28)17-7-5-4-6-16(17)23/h4-7,18H,8-14H2,1-3H3/q+1. The summed E-state index contributed by atoms with van der Waals surface area (Å²) in [5.41, 5.74) is 1.53. The van der Waals surface area contributed by atoms with Crippen molar-refractivity contribution < 1.29 is 18.6 Å². The summed E-state index contributed by atoms with van der Waals surface area (Å²) < 4.78 is 16.0. The van der Waals surface area contributed by atoms with Crippen molar-refractivity contribution in [2.45, 2.75) is 13.0 Å². The Morgan fingerprint density at radius 3 is 2.52 bits per heavy atom. The van der Waals surface area contributed by atoms with Gasteiger partial charge < -0.3 is 4.90 Å². The molecule has 5 rings (SSSR count). The smallest absolute Gasteiger partial charge is 0.367 e. The number of nitrogens with zero attached hydrogens (tertiary/aromatic N) is 8. The average molecular weight is 456 g/mol. The van der Waals surface area contributed by atoms with Gasteiger partial charge in [-0.15, -0.1) is 10.1 Å². The third kappa shape index (κ3) is 3.65. The molecule has 1 unspecified atom stereocenters. The van der Waals surface area contributed by atoms with Crippen molar-refractivity contribution in [1.29, 1.82) is 0 Å². The van der Waals surface area contributed by atoms with Gasteiger partial charge in [0.15, 0.2) is 0 Å². The third-order valence-electron chi connectivity index (χ3n) is 6.62. The third-order valence-corrected chi connectivity index (χ3v) is 6.62. The van der Waals surface area contributed by atoms with Gasteiger partial charge in [0.1, 0.15) is 18.9 Å². The SMILES string of the molecule is CC1=NN(CCN2CCN(c3ccccc3F)CC2)C2=[N+](C1)C1C(=O)N(C)C(=O)N(C)C1=N2.